The van der Waals surface area contributed by atoms with Gasteiger partial charge >= 0.3 is 0 Å². The highest BCUT2D eigenvalue weighted by Gasteiger charge is 2.34. The molecule has 3 rings (SSSR count). The molecule has 2 aliphatic rings. The zero-order valence-corrected chi connectivity index (χ0v) is 9.58. The number of aryl methyl sites for hydroxylation is 1. The van der Waals surface area contributed by atoms with Gasteiger partial charge in [0, 0.05) is 31.7 Å². The van der Waals surface area contributed by atoms with Gasteiger partial charge < -0.3 is 9.88 Å². The predicted octanol–water partition coefficient (Wildman–Crippen LogP) is 1.49. The van der Waals surface area contributed by atoms with Crippen molar-refractivity contribution in [3.8, 4) is 0 Å². The molecule has 0 radical (unpaired) electrons. The molecular formula is C12H19N3. The molecular weight excluding hydrogens is 186 g/mol. The van der Waals surface area contributed by atoms with E-state index in [-0.39, 0.29) is 0 Å². The van der Waals surface area contributed by atoms with Gasteiger partial charge in [0.15, 0.2) is 0 Å². The Balaban J connectivity index is 1.88. The summed E-state index contributed by atoms with van der Waals surface area (Å²) in [6.07, 6.45) is 2.56. The third-order valence-electron chi connectivity index (χ3n) is 3.87. The second-order valence-electron chi connectivity index (χ2n) is 5.06. The van der Waals surface area contributed by atoms with Crippen LogP contribution in [0.3, 0.4) is 0 Å². The SMILES string of the molecule is Cc1nc2c(n1CC1CC1C)CCNC2. The lowest BCUT2D eigenvalue weighted by molar-refractivity contribution is 0.539. The van der Waals surface area contributed by atoms with Crippen LogP contribution in [0, 0.1) is 18.8 Å². The number of hydrogen-bond acceptors (Lipinski definition) is 2. The second-order valence-corrected chi connectivity index (χ2v) is 5.06. The average molecular weight is 205 g/mol. The lowest BCUT2D eigenvalue weighted by Gasteiger charge is -2.15. The summed E-state index contributed by atoms with van der Waals surface area (Å²) in [5, 5.41) is 3.38. The maximum absolute atomic E-state index is 4.66. The Morgan fingerprint density at radius 1 is 1.53 bits per heavy atom. The zero-order chi connectivity index (χ0) is 10.4. The molecule has 1 aliphatic carbocycles. The van der Waals surface area contributed by atoms with Crippen molar-refractivity contribution in [1.29, 1.82) is 0 Å². The van der Waals surface area contributed by atoms with Crippen LogP contribution in [0.2, 0.25) is 0 Å². The fourth-order valence-electron chi connectivity index (χ4n) is 2.64. The summed E-state index contributed by atoms with van der Waals surface area (Å²) in [4.78, 5) is 4.66. The highest BCUT2D eigenvalue weighted by molar-refractivity contribution is 5.20. The number of imidazole rings is 1. The lowest BCUT2D eigenvalue weighted by atomic mass is 10.2. The van der Waals surface area contributed by atoms with Crippen molar-refractivity contribution in [2.75, 3.05) is 6.54 Å². The Bertz CT molecular complexity index is 380. The Hall–Kier alpha value is -0.830. The van der Waals surface area contributed by atoms with E-state index in [1.165, 1.54) is 30.2 Å². The Labute approximate surface area is 90.9 Å². The third-order valence-corrected chi connectivity index (χ3v) is 3.87. The molecule has 2 unspecified atom stereocenters. The Kier molecular flexibility index (Phi) is 2.09. The molecule has 1 fully saturated rings. The Morgan fingerprint density at radius 2 is 2.33 bits per heavy atom. The molecule has 0 aromatic carbocycles. The van der Waals surface area contributed by atoms with E-state index >= 15 is 0 Å². The van der Waals surface area contributed by atoms with Crippen molar-refractivity contribution >= 4 is 0 Å². The maximum Gasteiger partial charge on any atom is 0.106 e. The molecule has 3 heteroatoms. The zero-order valence-electron chi connectivity index (χ0n) is 9.58. The van der Waals surface area contributed by atoms with Gasteiger partial charge in [-0.15, -0.1) is 0 Å². The van der Waals surface area contributed by atoms with Crippen LogP contribution in [0.15, 0.2) is 0 Å². The van der Waals surface area contributed by atoms with E-state index in [0.29, 0.717) is 0 Å². The number of aromatic nitrogens is 2. The van der Waals surface area contributed by atoms with Crippen molar-refractivity contribution in [1.82, 2.24) is 14.9 Å². The molecule has 0 saturated heterocycles. The monoisotopic (exact) mass is 205 g/mol. The highest BCUT2D eigenvalue weighted by Crippen LogP contribution is 2.39. The van der Waals surface area contributed by atoms with Crippen molar-refractivity contribution in [2.24, 2.45) is 11.8 Å². The standard InChI is InChI=1S/C12H19N3/c1-8-5-10(8)7-15-9(2)14-11-6-13-4-3-12(11)15/h8,10,13H,3-7H2,1-2H3. The molecule has 0 bridgehead atoms. The van der Waals surface area contributed by atoms with Crippen LogP contribution in [0.5, 0.6) is 0 Å². The second kappa shape index (κ2) is 3.34. The molecule has 1 aliphatic heterocycles. The van der Waals surface area contributed by atoms with Crippen LogP contribution in [0.1, 0.15) is 30.6 Å². The average Bonchev–Trinajstić information content (AvgIpc) is 2.82. The van der Waals surface area contributed by atoms with Gasteiger partial charge in [-0.25, -0.2) is 4.98 Å². The van der Waals surface area contributed by atoms with Gasteiger partial charge in [0.05, 0.1) is 5.69 Å². The number of nitrogens with one attached hydrogen (secondary N) is 1. The lowest BCUT2D eigenvalue weighted by Crippen LogP contribution is -2.25. The van der Waals surface area contributed by atoms with Crippen molar-refractivity contribution in [3.63, 3.8) is 0 Å². The quantitative estimate of drug-likeness (QED) is 0.793. The summed E-state index contributed by atoms with van der Waals surface area (Å²) < 4.78 is 2.46. The van der Waals surface area contributed by atoms with Gasteiger partial charge in [0.1, 0.15) is 5.82 Å². The van der Waals surface area contributed by atoms with Gasteiger partial charge in [-0.1, -0.05) is 6.92 Å². The molecule has 1 aromatic rings. The van der Waals surface area contributed by atoms with Gasteiger partial charge in [-0.3, -0.25) is 0 Å². The van der Waals surface area contributed by atoms with Gasteiger partial charge in [0.2, 0.25) is 0 Å². The highest BCUT2D eigenvalue weighted by atomic mass is 15.1. The third kappa shape index (κ3) is 1.59. The molecule has 1 aromatic heterocycles. The summed E-state index contributed by atoms with van der Waals surface area (Å²) >= 11 is 0. The van der Waals surface area contributed by atoms with E-state index in [0.717, 1.165) is 31.3 Å². The summed E-state index contributed by atoms with van der Waals surface area (Å²) in [5.74, 6) is 3.06. The van der Waals surface area contributed by atoms with E-state index in [2.05, 4.69) is 28.7 Å². The smallest absolute Gasteiger partial charge is 0.106 e. The van der Waals surface area contributed by atoms with E-state index in [4.69, 9.17) is 0 Å². The Morgan fingerprint density at radius 3 is 3.07 bits per heavy atom. The first-order valence-corrected chi connectivity index (χ1v) is 6.01. The van der Waals surface area contributed by atoms with E-state index in [9.17, 15) is 0 Å². The van der Waals surface area contributed by atoms with E-state index < -0.39 is 0 Å². The van der Waals surface area contributed by atoms with Crippen LogP contribution in [0.25, 0.3) is 0 Å². The minimum absolute atomic E-state index is 0.914. The maximum atomic E-state index is 4.66. The fourth-order valence-corrected chi connectivity index (χ4v) is 2.64. The first kappa shape index (κ1) is 9.40. The van der Waals surface area contributed by atoms with Crippen molar-refractivity contribution in [2.45, 2.75) is 39.8 Å². The number of fused-ring (bicyclic) bond motifs is 1. The molecule has 0 amide bonds. The summed E-state index contributed by atoms with van der Waals surface area (Å²) in [6, 6.07) is 0. The largest absolute Gasteiger partial charge is 0.332 e. The minimum Gasteiger partial charge on any atom is -0.332 e. The normalized spacial score (nSPS) is 28.9. The number of hydrogen-bond donors (Lipinski definition) is 1. The number of nitrogens with zero attached hydrogens (tertiary/aromatic N) is 2. The predicted molar refractivity (Wildman–Crippen MR) is 59.6 cm³/mol. The fraction of sp³-hybridized carbons (Fsp3) is 0.750. The first-order chi connectivity index (χ1) is 7.25. The molecule has 2 atom stereocenters. The molecule has 3 nitrogen and oxygen atoms in total. The summed E-state index contributed by atoms with van der Waals surface area (Å²) in [7, 11) is 0. The van der Waals surface area contributed by atoms with Crippen molar-refractivity contribution in [3.05, 3.63) is 17.2 Å². The van der Waals surface area contributed by atoms with Gasteiger partial charge in [-0.2, -0.15) is 0 Å². The minimum atomic E-state index is 0.914. The van der Waals surface area contributed by atoms with Gasteiger partial charge in [0.25, 0.3) is 0 Å². The van der Waals surface area contributed by atoms with Crippen LogP contribution in [0.4, 0.5) is 0 Å². The molecule has 1 N–H and O–H groups in total. The number of rotatable bonds is 2. The summed E-state index contributed by atoms with van der Waals surface area (Å²) in [5.41, 5.74) is 2.78. The van der Waals surface area contributed by atoms with Crippen molar-refractivity contribution < 1.29 is 0 Å². The van der Waals surface area contributed by atoms with Gasteiger partial charge in [-0.05, 0) is 25.2 Å². The first-order valence-electron chi connectivity index (χ1n) is 6.01. The molecule has 82 valence electrons. The van der Waals surface area contributed by atoms with Crippen LogP contribution in [-0.2, 0) is 19.5 Å². The molecule has 2 heterocycles. The van der Waals surface area contributed by atoms with Crippen LogP contribution >= 0.6 is 0 Å². The topological polar surface area (TPSA) is 29.9 Å². The van der Waals surface area contributed by atoms with Crippen LogP contribution < -0.4 is 5.32 Å². The molecule has 1 saturated carbocycles. The summed E-state index contributed by atoms with van der Waals surface area (Å²) in [6.45, 7) is 7.77. The van der Waals surface area contributed by atoms with E-state index in [1.807, 2.05) is 0 Å². The molecule has 0 spiro atoms. The molecule has 15 heavy (non-hydrogen) atoms. The van der Waals surface area contributed by atoms with Crippen LogP contribution in [-0.4, -0.2) is 16.1 Å². The van der Waals surface area contributed by atoms with E-state index in [1.54, 1.807) is 0 Å².